The number of rotatable bonds is 17. The third kappa shape index (κ3) is 7.67. The van der Waals surface area contributed by atoms with E-state index < -0.39 is 14.9 Å². The Morgan fingerprint density at radius 3 is 2.46 bits per heavy atom. The molecular weight excluding hydrogens is 470 g/mol. The number of nitrogens with zero attached hydrogens (tertiary/aromatic N) is 3. The molecule has 2 aromatic heterocycles. The number of fused-ring (bicyclic) bond motifs is 1. The molecule has 0 aliphatic heterocycles. The van der Waals surface area contributed by atoms with Crippen molar-refractivity contribution in [3.63, 3.8) is 0 Å². The van der Waals surface area contributed by atoms with Crippen LogP contribution < -0.4 is 11.1 Å². The molecule has 4 N–H and O–H groups in total. The van der Waals surface area contributed by atoms with E-state index in [-0.39, 0.29) is 18.7 Å². The van der Waals surface area contributed by atoms with E-state index in [0.717, 1.165) is 16.8 Å². The van der Waals surface area contributed by atoms with Crippen LogP contribution in [-0.2, 0) is 22.8 Å². The first-order chi connectivity index (χ1) is 16.7. The van der Waals surface area contributed by atoms with Crippen LogP contribution in [0.1, 0.15) is 37.7 Å². The Morgan fingerprint density at radius 1 is 1.14 bits per heavy atom. The molecule has 0 bridgehead atoms. The van der Waals surface area contributed by atoms with Crippen LogP contribution in [0.5, 0.6) is 0 Å². The fourth-order valence-electron chi connectivity index (χ4n) is 4.07. The maximum Gasteiger partial charge on any atom is 0.500 e. The molecule has 2 heterocycles. The number of hydrogen-bond donors (Lipinski definition) is 3. The van der Waals surface area contributed by atoms with Crippen LogP contribution in [0.3, 0.4) is 0 Å². The molecule has 0 amide bonds. The monoisotopic (exact) mass is 513 g/mol. The van der Waals surface area contributed by atoms with Crippen molar-refractivity contribution in [2.24, 2.45) is 5.92 Å². The minimum absolute atomic E-state index is 0.102. The summed E-state index contributed by atoms with van der Waals surface area (Å²) in [4.78, 5) is 8.92. The van der Waals surface area contributed by atoms with Crippen LogP contribution >= 0.6 is 0 Å². The van der Waals surface area contributed by atoms with Crippen LogP contribution in [0.25, 0.3) is 11.0 Å². The van der Waals surface area contributed by atoms with E-state index in [9.17, 15) is 5.11 Å². The number of anilines is 1. The minimum atomic E-state index is -2.60. The summed E-state index contributed by atoms with van der Waals surface area (Å²) in [6, 6.07) is 0.645. The van der Waals surface area contributed by atoms with E-state index in [1.807, 2.05) is 20.8 Å². The normalized spacial score (nSPS) is 15.0. The molecule has 0 saturated carbocycles. The Balaban J connectivity index is 2.02. The van der Waals surface area contributed by atoms with Gasteiger partial charge in [0.05, 0.1) is 37.3 Å². The number of aryl methyl sites for hydroxylation is 2. The van der Waals surface area contributed by atoms with Gasteiger partial charge in [-0.3, -0.25) is 5.32 Å². The van der Waals surface area contributed by atoms with Crippen molar-refractivity contribution in [3.8, 4) is 0 Å². The summed E-state index contributed by atoms with van der Waals surface area (Å²) in [5, 5.41) is 14.0. The lowest BCUT2D eigenvalue weighted by atomic mass is 10.1. The molecule has 200 valence electrons. The summed E-state index contributed by atoms with van der Waals surface area (Å²) in [6.07, 6.45) is 1.63. The number of hydrogen-bond acceptors (Lipinski definition) is 10. The Labute approximate surface area is 209 Å². The molecule has 11 nitrogen and oxygen atoms in total. The van der Waals surface area contributed by atoms with Crippen molar-refractivity contribution in [3.05, 3.63) is 17.6 Å². The van der Waals surface area contributed by atoms with Gasteiger partial charge in [0.25, 0.3) is 0 Å². The van der Waals surface area contributed by atoms with Gasteiger partial charge in [-0.15, -0.1) is 0 Å². The van der Waals surface area contributed by atoms with E-state index in [1.165, 1.54) is 0 Å². The van der Waals surface area contributed by atoms with E-state index in [2.05, 4.69) is 26.8 Å². The van der Waals surface area contributed by atoms with Gasteiger partial charge < -0.3 is 38.2 Å². The van der Waals surface area contributed by atoms with Crippen LogP contribution in [0.4, 0.5) is 5.82 Å². The SMILES string of the molecule is CCOCC(C)C(NCC(O)COCCC[Si](OC)(OC)OC)n1cnc2c(N)nc(C)c(C)c21. The van der Waals surface area contributed by atoms with Crippen molar-refractivity contribution in [2.45, 2.75) is 52.4 Å². The van der Waals surface area contributed by atoms with Gasteiger partial charge in [0.1, 0.15) is 5.52 Å². The molecule has 0 spiro atoms. The number of aliphatic hydroxyl groups is 1. The van der Waals surface area contributed by atoms with Crippen molar-refractivity contribution >= 4 is 25.7 Å². The number of nitrogens with two attached hydrogens (primary N) is 1. The van der Waals surface area contributed by atoms with E-state index >= 15 is 0 Å². The average Bonchev–Trinajstić information content (AvgIpc) is 3.29. The predicted molar refractivity (Wildman–Crippen MR) is 137 cm³/mol. The zero-order valence-corrected chi connectivity index (χ0v) is 23.2. The van der Waals surface area contributed by atoms with E-state index in [1.54, 1.807) is 27.7 Å². The number of aliphatic hydroxyl groups excluding tert-OH is 1. The standard InChI is InChI=1S/C23H43N5O6Si/c1-8-33-13-16(2)23(28-15-26-20-21(28)17(3)18(4)27-22(20)24)25-12-19(29)14-34-10-9-11-35(30-5,31-6)32-7/h15-16,19,23,25,29H,8-14H2,1-7H3,(H2,24,27). The molecule has 2 rings (SSSR count). The Bertz CT molecular complexity index is 902. The third-order valence-corrected chi connectivity index (χ3v) is 9.06. The van der Waals surface area contributed by atoms with Gasteiger partial charge in [0.2, 0.25) is 0 Å². The lowest BCUT2D eigenvalue weighted by Crippen LogP contribution is -2.42. The second kappa shape index (κ2) is 14.2. The lowest BCUT2D eigenvalue weighted by Gasteiger charge is -2.28. The summed E-state index contributed by atoms with van der Waals surface area (Å²) in [5.74, 6) is 0.513. The Hall–Kier alpha value is -1.64. The van der Waals surface area contributed by atoms with Gasteiger partial charge in [0.15, 0.2) is 5.82 Å². The van der Waals surface area contributed by atoms with Gasteiger partial charge in [0, 0.05) is 58.7 Å². The highest BCUT2D eigenvalue weighted by molar-refractivity contribution is 6.60. The van der Waals surface area contributed by atoms with Crippen LogP contribution in [0.2, 0.25) is 6.04 Å². The summed E-state index contributed by atoms with van der Waals surface area (Å²) >= 11 is 0. The lowest BCUT2D eigenvalue weighted by molar-refractivity contribution is 0.0278. The molecule has 0 saturated heterocycles. The highest BCUT2D eigenvalue weighted by Gasteiger charge is 2.36. The third-order valence-electron chi connectivity index (χ3n) is 6.22. The molecule has 3 unspecified atom stereocenters. The first-order valence-corrected chi connectivity index (χ1v) is 14.0. The molecule has 0 aliphatic rings. The number of aromatic nitrogens is 3. The summed E-state index contributed by atoms with van der Waals surface area (Å²) in [5.41, 5.74) is 9.64. The van der Waals surface area contributed by atoms with Gasteiger partial charge in [-0.2, -0.15) is 0 Å². The first kappa shape index (κ1) is 29.6. The maximum atomic E-state index is 10.6. The number of nitrogen functional groups attached to an aromatic ring is 1. The topological polar surface area (TPSA) is 135 Å². The number of imidazole rings is 1. The molecule has 0 fully saturated rings. The molecule has 0 aromatic carbocycles. The van der Waals surface area contributed by atoms with Gasteiger partial charge in [-0.1, -0.05) is 6.92 Å². The van der Waals surface area contributed by atoms with Crippen LogP contribution in [0.15, 0.2) is 6.33 Å². The summed E-state index contributed by atoms with van der Waals surface area (Å²) in [6.45, 7) is 10.2. The minimum Gasteiger partial charge on any atom is -0.389 e. The van der Waals surface area contributed by atoms with Crippen molar-refractivity contribution in [1.29, 1.82) is 0 Å². The van der Waals surface area contributed by atoms with E-state index in [0.29, 0.717) is 50.2 Å². The maximum absolute atomic E-state index is 10.6. The number of pyridine rings is 1. The van der Waals surface area contributed by atoms with E-state index in [4.69, 9.17) is 28.5 Å². The zero-order valence-electron chi connectivity index (χ0n) is 22.2. The predicted octanol–water partition coefficient (Wildman–Crippen LogP) is 2.04. The first-order valence-electron chi connectivity index (χ1n) is 12.0. The van der Waals surface area contributed by atoms with Crippen molar-refractivity contribution in [1.82, 2.24) is 19.9 Å². The van der Waals surface area contributed by atoms with Crippen LogP contribution in [-0.4, -0.2) is 88.9 Å². The van der Waals surface area contributed by atoms with Gasteiger partial charge >= 0.3 is 8.80 Å². The van der Waals surface area contributed by atoms with Crippen molar-refractivity contribution < 1.29 is 27.9 Å². The summed E-state index contributed by atoms with van der Waals surface area (Å²) < 4.78 is 29.7. The molecule has 0 aliphatic carbocycles. The fraction of sp³-hybridized carbons (Fsp3) is 0.739. The molecule has 3 atom stereocenters. The molecule has 12 heteroatoms. The Morgan fingerprint density at radius 2 is 1.83 bits per heavy atom. The molecule has 35 heavy (non-hydrogen) atoms. The summed E-state index contributed by atoms with van der Waals surface area (Å²) in [7, 11) is 2.18. The highest BCUT2D eigenvalue weighted by atomic mass is 28.4. The van der Waals surface area contributed by atoms with Gasteiger partial charge in [-0.25, -0.2) is 9.97 Å². The highest BCUT2D eigenvalue weighted by Crippen LogP contribution is 2.28. The Kier molecular flexibility index (Phi) is 12.0. The zero-order chi connectivity index (χ0) is 26.0. The quantitative estimate of drug-likeness (QED) is 0.213. The molecular formula is C23H43N5O6Si. The molecule has 0 radical (unpaired) electrons. The smallest absolute Gasteiger partial charge is 0.389 e. The number of ether oxygens (including phenoxy) is 2. The number of nitrogens with one attached hydrogen (secondary N) is 1. The second-order valence-corrected chi connectivity index (χ2v) is 11.8. The van der Waals surface area contributed by atoms with Crippen molar-refractivity contribution in [2.75, 3.05) is 60.0 Å². The largest absolute Gasteiger partial charge is 0.500 e. The fourth-order valence-corrected chi connectivity index (χ4v) is 5.76. The average molecular weight is 514 g/mol. The van der Waals surface area contributed by atoms with Gasteiger partial charge in [-0.05, 0) is 32.8 Å². The second-order valence-electron chi connectivity index (χ2n) is 8.67. The molecule has 2 aromatic rings. The van der Waals surface area contributed by atoms with Crippen LogP contribution in [0, 0.1) is 19.8 Å².